The van der Waals surface area contributed by atoms with Gasteiger partial charge in [-0.25, -0.2) is 0 Å². The Morgan fingerprint density at radius 1 is 1.29 bits per heavy atom. The topological polar surface area (TPSA) is 3.24 Å². The third-order valence-corrected chi connectivity index (χ3v) is 5.19. The molecule has 2 unspecified atom stereocenters. The Hall–Kier alpha value is -0.650. The van der Waals surface area contributed by atoms with Crippen LogP contribution in [0.4, 0.5) is 0 Å². The van der Waals surface area contributed by atoms with E-state index in [9.17, 15) is 0 Å². The van der Waals surface area contributed by atoms with Gasteiger partial charge in [0.25, 0.3) is 0 Å². The Morgan fingerprint density at radius 2 is 2.12 bits per heavy atom. The first kappa shape index (κ1) is 12.8. The number of nitrogens with zero attached hydrogens (tertiary/aromatic N) is 1. The second-order valence-corrected chi connectivity index (χ2v) is 6.00. The number of aryl methyl sites for hydroxylation is 1. The predicted octanol–water partition coefficient (Wildman–Crippen LogP) is 3.38. The van der Waals surface area contributed by atoms with Crippen LogP contribution in [0.15, 0.2) is 24.3 Å². The van der Waals surface area contributed by atoms with E-state index in [0.717, 1.165) is 15.1 Å². The van der Waals surface area contributed by atoms with Crippen LogP contribution >= 0.6 is 8.58 Å². The molecule has 0 aromatic heterocycles. The van der Waals surface area contributed by atoms with Crippen LogP contribution in [0, 0.1) is 6.92 Å². The first-order chi connectivity index (χ1) is 8.26. The summed E-state index contributed by atoms with van der Waals surface area (Å²) in [5.41, 5.74) is 2.87. The van der Waals surface area contributed by atoms with Gasteiger partial charge in [0.05, 0.1) is 0 Å². The van der Waals surface area contributed by atoms with Gasteiger partial charge in [0.2, 0.25) is 0 Å². The van der Waals surface area contributed by atoms with Crippen LogP contribution in [-0.4, -0.2) is 23.8 Å². The maximum atomic E-state index is 2.59. The van der Waals surface area contributed by atoms with Crippen molar-refractivity contribution in [3.8, 4) is 0 Å². The first-order valence-electron chi connectivity index (χ1n) is 6.54. The molecule has 2 rings (SSSR count). The fourth-order valence-corrected chi connectivity index (χ4v) is 4.04. The zero-order valence-corrected chi connectivity index (χ0v) is 12.0. The van der Waals surface area contributed by atoms with Gasteiger partial charge in [-0.2, -0.15) is 0 Å². The number of benzene rings is 1. The van der Waals surface area contributed by atoms with E-state index in [-0.39, 0.29) is 0 Å². The lowest BCUT2D eigenvalue weighted by molar-refractivity contribution is 0.298. The SMILES string of the molecule is CCCN(CC)C1C=Cc2cccc(C)c2P1. The molecule has 0 N–H and O–H groups in total. The smallest absolute Gasteiger partial charge is 0.0494 e. The molecule has 0 saturated carbocycles. The highest BCUT2D eigenvalue weighted by Crippen LogP contribution is 2.31. The van der Waals surface area contributed by atoms with Gasteiger partial charge in [-0.3, -0.25) is 4.90 Å². The van der Waals surface area contributed by atoms with Crippen molar-refractivity contribution in [3.63, 3.8) is 0 Å². The van der Waals surface area contributed by atoms with E-state index in [4.69, 9.17) is 0 Å². The summed E-state index contributed by atoms with van der Waals surface area (Å²) in [6.45, 7) is 9.12. The minimum absolute atomic E-state index is 0.619. The Morgan fingerprint density at radius 3 is 2.82 bits per heavy atom. The van der Waals surface area contributed by atoms with Gasteiger partial charge in [-0.05, 0) is 42.9 Å². The fraction of sp³-hybridized carbons (Fsp3) is 0.467. The molecule has 0 radical (unpaired) electrons. The van der Waals surface area contributed by atoms with Gasteiger partial charge in [0, 0.05) is 5.78 Å². The molecule has 1 aliphatic heterocycles. The maximum absolute atomic E-state index is 2.59. The van der Waals surface area contributed by atoms with E-state index >= 15 is 0 Å². The van der Waals surface area contributed by atoms with Crippen LogP contribution in [0.3, 0.4) is 0 Å². The average Bonchev–Trinajstić information content (AvgIpc) is 2.36. The van der Waals surface area contributed by atoms with Crippen LogP contribution in [-0.2, 0) is 0 Å². The second kappa shape index (κ2) is 5.80. The summed E-state index contributed by atoms with van der Waals surface area (Å²) in [5, 5.41) is 1.56. The quantitative estimate of drug-likeness (QED) is 0.737. The molecule has 1 aromatic carbocycles. The van der Waals surface area contributed by atoms with E-state index < -0.39 is 0 Å². The molecule has 0 amide bonds. The molecule has 2 atom stereocenters. The maximum Gasteiger partial charge on any atom is 0.0494 e. The number of hydrogen-bond donors (Lipinski definition) is 0. The predicted molar refractivity (Wildman–Crippen MR) is 79.5 cm³/mol. The zero-order valence-electron chi connectivity index (χ0n) is 11.0. The van der Waals surface area contributed by atoms with Crippen LogP contribution in [0.5, 0.6) is 0 Å². The van der Waals surface area contributed by atoms with Crippen LogP contribution in [0.25, 0.3) is 6.08 Å². The standard InChI is InChI=1S/C15H22NP/c1-4-11-16(5-2)14-10-9-13-8-6-7-12(3)15(13)17-14/h6-10,14,17H,4-5,11H2,1-3H3. The molecule has 0 bridgehead atoms. The highest BCUT2D eigenvalue weighted by atomic mass is 31.1. The van der Waals surface area contributed by atoms with Crippen molar-refractivity contribution in [2.24, 2.45) is 0 Å². The largest absolute Gasteiger partial charge is 0.293 e. The Bertz CT molecular complexity index is 411. The third-order valence-electron chi connectivity index (χ3n) is 3.37. The van der Waals surface area contributed by atoms with Crippen molar-refractivity contribution < 1.29 is 0 Å². The second-order valence-electron chi connectivity index (χ2n) is 4.62. The number of hydrogen-bond acceptors (Lipinski definition) is 1. The summed E-state index contributed by atoms with van der Waals surface area (Å²) in [6.07, 6.45) is 5.94. The third kappa shape index (κ3) is 2.78. The van der Waals surface area contributed by atoms with Crippen molar-refractivity contribution >= 4 is 20.0 Å². The molecule has 0 saturated heterocycles. The molecule has 17 heavy (non-hydrogen) atoms. The molecular weight excluding hydrogens is 225 g/mol. The van der Waals surface area contributed by atoms with E-state index in [0.29, 0.717) is 5.78 Å². The summed E-state index contributed by atoms with van der Waals surface area (Å²) >= 11 is 0. The minimum atomic E-state index is 0.619. The molecule has 0 aliphatic carbocycles. The summed E-state index contributed by atoms with van der Waals surface area (Å²) in [7, 11) is 0.899. The molecule has 1 heterocycles. The number of fused-ring (bicyclic) bond motifs is 1. The highest BCUT2D eigenvalue weighted by Gasteiger charge is 2.19. The summed E-state index contributed by atoms with van der Waals surface area (Å²) < 4.78 is 0. The average molecular weight is 247 g/mol. The number of rotatable bonds is 4. The molecule has 92 valence electrons. The van der Waals surface area contributed by atoms with Crippen LogP contribution in [0.1, 0.15) is 31.4 Å². The summed E-state index contributed by atoms with van der Waals surface area (Å²) in [5.74, 6) is 0.619. The van der Waals surface area contributed by atoms with E-state index in [1.54, 1.807) is 5.30 Å². The lowest BCUT2D eigenvalue weighted by atomic mass is 10.1. The summed E-state index contributed by atoms with van der Waals surface area (Å²) in [4.78, 5) is 2.59. The molecule has 1 nitrogen and oxygen atoms in total. The van der Waals surface area contributed by atoms with Gasteiger partial charge >= 0.3 is 0 Å². The Kier molecular flexibility index (Phi) is 4.36. The van der Waals surface area contributed by atoms with E-state index in [1.807, 2.05) is 0 Å². The zero-order chi connectivity index (χ0) is 12.3. The van der Waals surface area contributed by atoms with Gasteiger partial charge in [0.1, 0.15) is 0 Å². The highest BCUT2D eigenvalue weighted by molar-refractivity contribution is 7.48. The minimum Gasteiger partial charge on any atom is -0.293 e. The van der Waals surface area contributed by atoms with Crippen molar-refractivity contribution in [3.05, 3.63) is 35.4 Å². The first-order valence-corrected chi connectivity index (χ1v) is 7.62. The molecular formula is C15H22NP. The lowest BCUT2D eigenvalue weighted by Gasteiger charge is -2.31. The molecule has 1 aliphatic rings. The monoisotopic (exact) mass is 247 g/mol. The lowest BCUT2D eigenvalue weighted by Crippen LogP contribution is -2.34. The van der Waals surface area contributed by atoms with Gasteiger partial charge in [-0.1, -0.05) is 52.8 Å². The Balaban J connectivity index is 2.20. The van der Waals surface area contributed by atoms with Gasteiger partial charge < -0.3 is 0 Å². The van der Waals surface area contributed by atoms with Crippen molar-refractivity contribution in [1.82, 2.24) is 4.90 Å². The molecule has 1 aromatic rings. The normalized spacial score (nSPS) is 19.9. The van der Waals surface area contributed by atoms with Crippen molar-refractivity contribution in [1.29, 1.82) is 0 Å². The van der Waals surface area contributed by atoms with Gasteiger partial charge in [0.15, 0.2) is 0 Å². The van der Waals surface area contributed by atoms with Gasteiger partial charge in [-0.15, -0.1) is 0 Å². The summed E-state index contributed by atoms with van der Waals surface area (Å²) in [6, 6.07) is 6.63. The molecule has 0 fully saturated rings. The molecule has 2 heteroatoms. The van der Waals surface area contributed by atoms with E-state index in [2.05, 4.69) is 56.0 Å². The molecule has 0 spiro atoms. The van der Waals surface area contributed by atoms with Crippen LogP contribution < -0.4 is 5.30 Å². The van der Waals surface area contributed by atoms with Crippen LogP contribution in [0.2, 0.25) is 0 Å². The fourth-order valence-electron chi connectivity index (χ4n) is 2.41. The van der Waals surface area contributed by atoms with Crippen molar-refractivity contribution in [2.45, 2.75) is 33.0 Å². The van der Waals surface area contributed by atoms with E-state index in [1.165, 1.54) is 24.1 Å². The Labute approximate surface area is 107 Å². The van der Waals surface area contributed by atoms with Crippen molar-refractivity contribution in [2.75, 3.05) is 13.1 Å². The number of likely N-dealkylation sites (N-methyl/N-ethyl adjacent to an activating group) is 1.